The molecular formula is C16H20AcN3O4S-. The van der Waals surface area contributed by atoms with Gasteiger partial charge in [0.1, 0.15) is 11.5 Å². The Hall–Kier alpha value is -0.718. The van der Waals surface area contributed by atoms with Crippen molar-refractivity contribution in [1.82, 2.24) is 4.57 Å². The van der Waals surface area contributed by atoms with Gasteiger partial charge in [-0.05, 0) is 12.1 Å². The fraction of sp³-hybridized carbons (Fsp3) is 0.375. The summed E-state index contributed by atoms with van der Waals surface area (Å²) in [6.45, 7) is 0.673. The number of methoxy groups -OCH3 is 2. The molecule has 133 valence electrons. The average Bonchev–Trinajstić information content (AvgIpc) is 3.00. The van der Waals surface area contributed by atoms with E-state index in [2.05, 4.69) is 4.99 Å². The van der Waals surface area contributed by atoms with E-state index in [-0.39, 0.29) is 57.2 Å². The van der Waals surface area contributed by atoms with Crippen molar-refractivity contribution in [3.8, 4) is 11.5 Å². The molecule has 0 unspecified atom stereocenters. The Labute approximate surface area is 186 Å². The van der Waals surface area contributed by atoms with Crippen LogP contribution in [0.1, 0.15) is 22.5 Å². The number of nitrogens with zero attached hydrogens (tertiary/aromatic N) is 2. The number of benzene rings is 1. The van der Waals surface area contributed by atoms with E-state index in [9.17, 15) is 9.90 Å². The summed E-state index contributed by atoms with van der Waals surface area (Å²) in [5, 5.41) is 11.2. The quantitative estimate of drug-likeness (QED) is 0.546. The van der Waals surface area contributed by atoms with Crippen LogP contribution >= 0.6 is 11.3 Å². The maximum Gasteiger partial charge on any atom is 0.283 e. The fourth-order valence-electron chi connectivity index (χ4n) is 2.18. The molecule has 9 heteroatoms. The van der Waals surface area contributed by atoms with Gasteiger partial charge in [0, 0.05) is 62.1 Å². The maximum absolute atomic E-state index is 12.5. The minimum absolute atomic E-state index is 0. The van der Waals surface area contributed by atoms with E-state index in [4.69, 9.17) is 15.2 Å². The molecule has 0 saturated carbocycles. The third kappa shape index (κ3) is 5.63. The molecule has 2 N–H and O–H groups in total. The van der Waals surface area contributed by atoms with Gasteiger partial charge in [-0.15, -0.1) is 17.9 Å². The molecule has 0 aliphatic rings. The zero-order valence-corrected chi connectivity index (χ0v) is 19.8. The molecule has 0 atom stereocenters. The Morgan fingerprint density at radius 2 is 2.12 bits per heavy atom. The van der Waals surface area contributed by atoms with E-state index in [1.54, 1.807) is 28.1 Å². The van der Waals surface area contributed by atoms with Crippen molar-refractivity contribution in [3.05, 3.63) is 45.4 Å². The van der Waals surface area contributed by atoms with Gasteiger partial charge in [-0.25, -0.2) is 0 Å². The van der Waals surface area contributed by atoms with Crippen LogP contribution in [0.5, 0.6) is 11.5 Å². The maximum atomic E-state index is 12.5. The van der Waals surface area contributed by atoms with Crippen LogP contribution < -0.4 is 14.3 Å². The smallest absolute Gasteiger partial charge is 0.283 e. The minimum Gasteiger partial charge on any atom is -0.677 e. The molecule has 1 radical (unpaired) electrons. The van der Waals surface area contributed by atoms with Crippen LogP contribution in [-0.4, -0.2) is 36.3 Å². The van der Waals surface area contributed by atoms with Crippen LogP contribution in [0.2, 0.25) is 0 Å². The molecule has 2 rings (SSSR count). The first-order valence-corrected chi connectivity index (χ1v) is 8.26. The molecular weight excluding hydrogens is 557 g/mol. The molecule has 7 nitrogen and oxygen atoms in total. The second-order valence-electron chi connectivity index (χ2n) is 4.91. The van der Waals surface area contributed by atoms with Crippen molar-refractivity contribution in [2.24, 2.45) is 4.99 Å². The van der Waals surface area contributed by atoms with Crippen molar-refractivity contribution < 1.29 is 63.4 Å². The van der Waals surface area contributed by atoms with Gasteiger partial charge in [-0.1, -0.05) is 6.42 Å². The van der Waals surface area contributed by atoms with Crippen molar-refractivity contribution >= 4 is 17.2 Å². The summed E-state index contributed by atoms with van der Waals surface area (Å²) in [7, 11) is 3.02. The number of nitrogens with one attached hydrogen (secondary N) is 1. The minimum atomic E-state index is -0.430. The van der Waals surface area contributed by atoms with Gasteiger partial charge in [0.2, 0.25) is 0 Å². The molecule has 1 amide bonds. The predicted octanol–water partition coefficient (Wildman–Crippen LogP) is 2.24. The van der Waals surface area contributed by atoms with Gasteiger partial charge in [0.25, 0.3) is 5.91 Å². The normalized spacial score (nSPS) is 11.1. The molecule has 1 aromatic heterocycles. The Morgan fingerprint density at radius 3 is 2.72 bits per heavy atom. The van der Waals surface area contributed by atoms with Crippen LogP contribution in [0, 0.1) is 44.1 Å². The Balaban J connectivity index is 0.00000312. The summed E-state index contributed by atoms with van der Waals surface area (Å²) in [5.74, 6) is 0.549. The summed E-state index contributed by atoms with van der Waals surface area (Å²) in [6, 6.07) is 4.91. The monoisotopic (exact) mass is 577 g/mol. The number of ether oxygens (including phenoxy) is 2. The third-order valence-electron chi connectivity index (χ3n) is 3.43. The summed E-state index contributed by atoms with van der Waals surface area (Å²) in [6.07, 6.45) is 0.622. The number of rotatable bonds is 7. The van der Waals surface area contributed by atoms with E-state index in [0.717, 1.165) is 0 Å². The first kappa shape index (κ1) is 22.3. The predicted molar refractivity (Wildman–Crippen MR) is 91.5 cm³/mol. The summed E-state index contributed by atoms with van der Waals surface area (Å²) in [4.78, 5) is 17.2. The molecule has 1 aromatic carbocycles. The number of thiazole rings is 1. The molecule has 0 saturated heterocycles. The van der Waals surface area contributed by atoms with Gasteiger partial charge >= 0.3 is 0 Å². The molecule has 0 fully saturated rings. The number of hydrogen-bond donors (Lipinski definition) is 1. The van der Waals surface area contributed by atoms with Crippen molar-refractivity contribution in [3.63, 3.8) is 0 Å². The van der Waals surface area contributed by atoms with Gasteiger partial charge in [-0.2, -0.15) is 4.99 Å². The van der Waals surface area contributed by atoms with Crippen LogP contribution in [0.4, 0.5) is 0 Å². The molecule has 0 spiro atoms. The zero-order chi connectivity index (χ0) is 17.5. The molecule has 0 aliphatic carbocycles. The third-order valence-corrected chi connectivity index (χ3v) is 4.35. The van der Waals surface area contributed by atoms with Crippen LogP contribution in [-0.2, 0) is 13.2 Å². The SMILES string of the molecule is COc1ccc(C(=O)N=c2scc(CO)n2CCC[NH-])c(OC)c1.[Ac]. The Bertz CT molecular complexity index is 773. The zero-order valence-electron chi connectivity index (χ0n) is 14.2. The molecule has 25 heavy (non-hydrogen) atoms. The van der Waals surface area contributed by atoms with Crippen molar-refractivity contribution in [2.45, 2.75) is 19.6 Å². The molecule has 2 aromatic rings. The van der Waals surface area contributed by atoms with E-state index >= 15 is 0 Å². The second kappa shape index (κ2) is 11.1. The van der Waals surface area contributed by atoms with Crippen molar-refractivity contribution in [2.75, 3.05) is 20.8 Å². The largest absolute Gasteiger partial charge is 0.677 e. The second-order valence-corrected chi connectivity index (χ2v) is 5.74. The van der Waals surface area contributed by atoms with E-state index < -0.39 is 5.91 Å². The number of amides is 1. The molecule has 1 heterocycles. The first-order valence-electron chi connectivity index (χ1n) is 7.38. The van der Waals surface area contributed by atoms with E-state index in [0.29, 0.717) is 40.5 Å². The first-order chi connectivity index (χ1) is 11.6. The van der Waals surface area contributed by atoms with Crippen LogP contribution in [0.3, 0.4) is 0 Å². The van der Waals surface area contributed by atoms with E-state index in [1.165, 1.54) is 25.6 Å². The van der Waals surface area contributed by atoms with Crippen molar-refractivity contribution in [1.29, 1.82) is 0 Å². The number of aliphatic hydroxyl groups is 1. The number of aromatic nitrogens is 1. The van der Waals surface area contributed by atoms with Gasteiger partial charge in [0.15, 0.2) is 4.80 Å². The topological polar surface area (TPSA) is 96.9 Å². The Morgan fingerprint density at radius 1 is 1.36 bits per heavy atom. The summed E-state index contributed by atoms with van der Waals surface area (Å²) >= 11 is 1.28. The number of carbonyl (C=O) groups excluding carboxylic acids is 1. The van der Waals surface area contributed by atoms with Gasteiger partial charge in [-0.3, -0.25) is 4.79 Å². The van der Waals surface area contributed by atoms with E-state index in [1.807, 2.05) is 0 Å². The van der Waals surface area contributed by atoms with Crippen LogP contribution in [0.25, 0.3) is 5.73 Å². The summed E-state index contributed by atoms with van der Waals surface area (Å²) < 4.78 is 12.1. The van der Waals surface area contributed by atoms with Gasteiger partial charge in [0.05, 0.1) is 32.1 Å². The number of aliphatic hydroxyl groups excluding tert-OH is 1. The summed E-state index contributed by atoms with van der Waals surface area (Å²) in [5.41, 5.74) is 8.29. The van der Waals surface area contributed by atoms with Gasteiger partial charge < -0.3 is 24.9 Å². The molecule has 0 aliphatic heterocycles. The molecule has 0 bridgehead atoms. The fourth-order valence-corrected chi connectivity index (χ4v) is 3.09. The number of hydrogen-bond acceptors (Lipinski definition) is 5. The Kier molecular flexibility index (Phi) is 9.90. The number of carbonyl (C=O) groups is 1. The average molecular weight is 577 g/mol. The standard InChI is InChI=1S/C16H20N3O4S.Ac/c1-22-12-4-5-13(14(8-12)23-2)15(21)18-16-19(7-3-6-17)11(9-20)10-24-16;/h4-5,8,10,17,20H,3,6-7,9H2,1-2H3;/q-1;. The van der Waals surface area contributed by atoms with Crippen LogP contribution in [0.15, 0.2) is 28.6 Å².